The number of nitrogens with zero attached hydrogens (tertiary/aromatic N) is 3. The van der Waals surface area contributed by atoms with Gasteiger partial charge in [-0.15, -0.1) is 0 Å². The summed E-state index contributed by atoms with van der Waals surface area (Å²) in [5.74, 6) is -2.49. The maximum absolute atomic E-state index is 12.4. The summed E-state index contributed by atoms with van der Waals surface area (Å²) in [4.78, 5) is 35.4. The molecule has 1 saturated heterocycles. The number of benzene rings is 1. The number of nitro groups is 1. The van der Waals surface area contributed by atoms with Crippen LogP contribution in [0.1, 0.15) is 10.4 Å². The summed E-state index contributed by atoms with van der Waals surface area (Å²) in [6, 6.07) is 4.94. The fraction of sp³-hybridized carbons (Fsp3) is 0.467. The van der Waals surface area contributed by atoms with Gasteiger partial charge in [0.2, 0.25) is 0 Å². The van der Waals surface area contributed by atoms with Crippen molar-refractivity contribution in [2.75, 3.05) is 39.3 Å². The van der Waals surface area contributed by atoms with Gasteiger partial charge in [-0.25, -0.2) is 4.79 Å². The Morgan fingerprint density at radius 1 is 1.12 bits per heavy atom. The van der Waals surface area contributed by atoms with Crippen LogP contribution in [0.15, 0.2) is 24.3 Å². The Hall–Kier alpha value is -2.69. The third-order valence-corrected chi connectivity index (χ3v) is 3.86. The molecule has 0 bridgehead atoms. The third kappa shape index (κ3) is 5.15. The summed E-state index contributed by atoms with van der Waals surface area (Å²) in [7, 11) is 0. The predicted octanol–water partition coefficient (Wildman–Crippen LogP) is 1.46. The number of rotatable bonds is 5. The van der Waals surface area contributed by atoms with Crippen LogP contribution < -0.4 is 0 Å². The molecule has 26 heavy (non-hydrogen) atoms. The van der Waals surface area contributed by atoms with Gasteiger partial charge in [0.15, 0.2) is 0 Å². The van der Waals surface area contributed by atoms with Gasteiger partial charge in [-0.1, -0.05) is 0 Å². The SMILES string of the molecule is O=C(OCCN1CCN(C(=O)C(F)(F)F)CC1)c1ccc([N+](=O)[O-])cc1. The number of carbonyl (C=O) groups is 2. The van der Waals surface area contributed by atoms with Crippen molar-refractivity contribution in [1.29, 1.82) is 0 Å². The molecule has 8 nitrogen and oxygen atoms in total. The zero-order chi connectivity index (χ0) is 19.3. The van der Waals surface area contributed by atoms with Crippen LogP contribution in [0.5, 0.6) is 0 Å². The average Bonchev–Trinajstić information content (AvgIpc) is 2.61. The minimum Gasteiger partial charge on any atom is -0.461 e. The number of hydrogen-bond acceptors (Lipinski definition) is 6. The van der Waals surface area contributed by atoms with E-state index in [0.717, 1.165) is 4.90 Å². The monoisotopic (exact) mass is 375 g/mol. The Morgan fingerprint density at radius 3 is 2.19 bits per heavy atom. The summed E-state index contributed by atoms with van der Waals surface area (Å²) in [6.07, 6.45) is -4.87. The summed E-state index contributed by atoms with van der Waals surface area (Å²) < 4.78 is 42.1. The van der Waals surface area contributed by atoms with E-state index in [4.69, 9.17) is 4.74 Å². The Morgan fingerprint density at radius 2 is 1.69 bits per heavy atom. The molecule has 0 unspecified atom stereocenters. The van der Waals surface area contributed by atoms with Crippen LogP contribution in [0, 0.1) is 10.1 Å². The summed E-state index contributed by atoms with van der Waals surface area (Å²) in [6.45, 7) is 0.729. The van der Waals surface area contributed by atoms with E-state index in [1.165, 1.54) is 24.3 Å². The van der Waals surface area contributed by atoms with Gasteiger partial charge in [0.05, 0.1) is 10.5 Å². The molecule has 2 rings (SSSR count). The van der Waals surface area contributed by atoms with Crippen LogP contribution in [0.3, 0.4) is 0 Å². The van der Waals surface area contributed by atoms with Gasteiger partial charge in [0.1, 0.15) is 6.61 Å². The van der Waals surface area contributed by atoms with Crippen molar-refractivity contribution in [3.63, 3.8) is 0 Å². The van der Waals surface area contributed by atoms with Crippen LogP contribution in [-0.2, 0) is 9.53 Å². The molecule has 1 aromatic rings. The second kappa shape index (κ2) is 8.13. The first kappa shape index (κ1) is 19.6. The molecule has 1 aromatic carbocycles. The number of piperazine rings is 1. The fourth-order valence-electron chi connectivity index (χ4n) is 2.42. The van der Waals surface area contributed by atoms with E-state index < -0.39 is 23.0 Å². The Bertz CT molecular complexity index is 670. The number of nitro benzene ring substituents is 1. The van der Waals surface area contributed by atoms with Crippen molar-refractivity contribution in [2.45, 2.75) is 6.18 Å². The molecule has 0 atom stereocenters. The lowest BCUT2D eigenvalue weighted by Crippen LogP contribution is -2.52. The molecular formula is C15H16F3N3O5. The van der Waals surface area contributed by atoms with E-state index in [9.17, 15) is 32.9 Å². The molecule has 1 amide bonds. The molecule has 0 spiro atoms. The first-order chi connectivity index (χ1) is 12.2. The Labute approximate surface area is 146 Å². The van der Waals surface area contributed by atoms with Crippen molar-refractivity contribution in [1.82, 2.24) is 9.80 Å². The van der Waals surface area contributed by atoms with Crippen LogP contribution in [0.4, 0.5) is 18.9 Å². The van der Waals surface area contributed by atoms with Crippen LogP contribution in [0.25, 0.3) is 0 Å². The van der Waals surface area contributed by atoms with Crippen LogP contribution >= 0.6 is 0 Å². The normalized spacial score (nSPS) is 15.6. The molecule has 0 N–H and O–H groups in total. The molecule has 0 radical (unpaired) electrons. The molecule has 0 aromatic heterocycles. The zero-order valence-corrected chi connectivity index (χ0v) is 13.6. The predicted molar refractivity (Wildman–Crippen MR) is 82.5 cm³/mol. The standard InChI is InChI=1S/C15H16F3N3O5/c16-15(17,18)14(23)20-7-5-19(6-8-20)9-10-26-13(22)11-1-3-12(4-2-11)21(24)25/h1-4H,5-10H2. The summed E-state index contributed by atoms with van der Waals surface area (Å²) >= 11 is 0. The van der Waals surface area contributed by atoms with Crippen molar-refractivity contribution in [3.05, 3.63) is 39.9 Å². The topological polar surface area (TPSA) is 93.0 Å². The maximum Gasteiger partial charge on any atom is 0.471 e. The molecule has 142 valence electrons. The average molecular weight is 375 g/mol. The number of alkyl halides is 3. The molecule has 11 heteroatoms. The van der Waals surface area contributed by atoms with Crippen molar-refractivity contribution >= 4 is 17.6 Å². The zero-order valence-electron chi connectivity index (χ0n) is 13.6. The van der Waals surface area contributed by atoms with E-state index in [1.54, 1.807) is 4.90 Å². The van der Waals surface area contributed by atoms with Gasteiger partial charge in [0, 0.05) is 44.9 Å². The molecule has 1 aliphatic rings. The van der Waals surface area contributed by atoms with Crippen molar-refractivity contribution in [2.24, 2.45) is 0 Å². The molecule has 1 heterocycles. The number of amides is 1. The summed E-state index contributed by atoms with van der Waals surface area (Å²) in [5, 5.41) is 10.5. The fourth-order valence-corrected chi connectivity index (χ4v) is 2.42. The highest BCUT2D eigenvalue weighted by Crippen LogP contribution is 2.19. The molecule has 1 aliphatic heterocycles. The van der Waals surface area contributed by atoms with Crippen molar-refractivity contribution < 1.29 is 32.4 Å². The minimum atomic E-state index is -4.87. The van der Waals surface area contributed by atoms with Crippen LogP contribution in [-0.4, -0.2) is 72.1 Å². The van der Waals surface area contributed by atoms with Gasteiger partial charge in [-0.05, 0) is 12.1 Å². The third-order valence-electron chi connectivity index (χ3n) is 3.86. The number of carbonyl (C=O) groups excluding carboxylic acids is 2. The highest BCUT2D eigenvalue weighted by atomic mass is 19.4. The second-order valence-electron chi connectivity index (χ2n) is 5.57. The molecule has 0 aliphatic carbocycles. The largest absolute Gasteiger partial charge is 0.471 e. The Kier molecular flexibility index (Phi) is 6.14. The quantitative estimate of drug-likeness (QED) is 0.439. The smallest absolute Gasteiger partial charge is 0.461 e. The summed E-state index contributed by atoms with van der Waals surface area (Å²) in [5.41, 5.74) is 0.0176. The van der Waals surface area contributed by atoms with E-state index in [2.05, 4.69) is 0 Å². The van der Waals surface area contributed by atoms with E-state index in [1.807, 2.05) is 0 Å². The number of esters is 1. The molecule has 0 saturated carbocycles. The number of non-ortho nitro benzene ring substituents is 1. The van der Waals surface area contributed by atoms with Crippen LogP contribution in [0.2, 0.25) is 0 Å². The first-order valence-electron chi connectivity index (χ1n) is 7.68. The van der Waals surface area contributed by atoms with Gasteiger partial charge < -0.3 is 9.64 Å². The van der Waals surface area contributed by atoms with Gasteiger partial charge in [-0.2, -0.15) is 13.2 Å². The minimum absolute atomic E-state index is 0.0169. The van der Waals surface area contributed by atoms with Crippen molar-refractivity contribution in [3.8, 4) is 0 Å². The van der Waals surface area contributed by atoms with E-state index in [0.29, 0.717) is 6.54 Å². The lowest BCUT2D eigenvalue weighted by Gasteiger charge is -2.34. The number of halogens is 3. The lowest BCUT2D eigenvalue weighted by molar-refractivity contribution is -0.384. The van der Waals surface area contributed by atoms with E-state index in [-0.39, 0.29) is 44.0 Å². The molecule has 1 fully saturated rings. The highest BCUT2D eigenvalue weighted by Gasteiger charge is 2.43. The van der Waals surface area contributed by atoms with Gasteiger partial charge in [0.25, 0.3) is 5.69 Å². The Balaban J connectivity index is 1.73. The van der Waals surface area contributed by atoms with Gasteiger partial charge >= 0.3 is 18.1 Å². The molecular weight excluding hydrogens is 359 g/mol. The first-order valence-corrected chi connectivity index (χ1v) is 7.68. The lowest BCUT2D eigenvalue weighted by atomic mass is 10.2. The number of ether oxygens (including phenoxy) is 1. The van der Waals surface area contributed by atoms with Gasteiger partial charge in [-0.3, -0.25) is 19.8 Å². The number of hydrogen-bond donors (Lipinski definition) is 0. The van der Waals surface area contributed by atoms with E-state index >= 15 is 0 Å². The maximum atomic E-state index is 12.4. The highest BCUT2D eigenvalue weighted by molar-refractivity contribution is 5.89. The second-order valence-corrected chi connectivity index (χ2v) is 5.57.